The molecule has 3 rings (SSSR count). The normalized spacial score (nSPS) is 21.5. The van der Waals surface area contributed by atoms with E-state index >= 15 is 0 Å². The van der Waals surface area contributed by atoms with E-state index in [0.29, 0.717) is 16.1 Å². The lowest BCUT2D eigenvalue weighted by atomic mass is 10.1. The van der Waals surface area contributed by atoms with Gasteiger partial charge in [0.1, 0.15) is 30.5 Å². The van der Waals surface area contributed by atoms with Crippen molar-refractivity contribution in [2.75, 3.05) is 18.6 Å². The molecule has 1 aromatic carbocycles. The SMILES string of the molecule is CCOC(=O)c1ccc(N/N=[N+](\[O-])CC2OC(n3ccc(=O)[nH]c3=O)C(O[Si](C)(C)C(C)(C)C)C2O[Si](C)(C)C(C)(C)C)cc1. The summed E-state index contributed by atoms with van der Waals surface area (Å²) < 4.78 is 26.6. The highest BCUT2D eigenvalue weighted by Crippen LogP contribution is 2.45. The Morgan fingerprint density at radius 2 is 1.56 bits per heavy atom. The first kappa shape index (κ1) is 36.4. The molecule has 1 saturated heterocycles. The Hall–Kier alpha value is -3.12. The van der Waals surface area contributed by atoms with Crippen molar-refractivity contribution in [3.05, 3.63) is 68.1 Å². The molecule has 0 spiro atoms. The second-order valence-electron chi connectivity index (χ2n) is 14.3. The summed E-state index contributed by atoms with van der Waals surface area (Å²) in [5, 5.41) is 16.8. The van der Waals surface area contributed by atoms with Gasteiger partial charge < -0.3 is 23.5 Å². The molecule has 45 heavy (non-hydrogen) atoms. The van der Waals surface area contributed by atoms with Crippen molar-refractivity contribution < 1.29 is 28.0 Å². The molecule has 1 fully saturated rings. The van der Waals surface area contributed by atoms with Crippen LogP contribution in [0.1, 0.15) is 65.1 Å². The van der Waals surface area contributed by atoms with Crippen LogP contribution in [0, 0.1) is 5.21 Å². The summed E-state index contributed by atoms with van der Waals surface area (Å²) in [5.41, 5.74) is 2.39. The minimum atomic E-state index is -2.48. The maximum atomic E-state index is 13.2. The number of aromatic nitrogens is 2. The third-order valence-electron chi connectivity index (χ3n) is 8.91. The van der Waals surface area contributed by atoms with Crippen molar-refractivity contribution in [3.8, 4) is 0 Å². The largest absolute Gasteiger partial charge is 0.696 e. The number of hydroxylamine groups is 1. The van der Waals surface area contributed by atoms with Crippen LogP contribution >= 0.6 is 0 Å². The van der Waals surface area contributed by atoms with Crippen LogP contribution < -0.4 is 16.7 Å². The zero-order valence-electron chi connectivity index (χ0n) is 28.3. The number of carbonyl (C=O) groups is 1. The number of hydrogen-bond acceptors (Lipinski definition) is 9. The first-order chi connectivity index (χ1) is 20.7. The summed E-state index contributed by atoms with van der Waals surface area (Å²) in [4.78, 5) is 39.6. The van der Waals surface area contributed by atoms with Gasteiger partial charge in [0.2, 0.25) is 0 Å². The summed E-state index contributed by atoms with van der Waals surface area (Å²) in [6.07, 6.45) is -1.92. The van der Waals surface area contributed by atoms with Crippen molar-refractivity contribution in [1.82, 2.24) is 9.55 Å². The number of carbonyl (C=O) groups excluding carboxylic acids is 1. The fourth-order valence-electron chi connectivity index (χ4n) is 4.21. The summed E-state index contributed by atoms with van der Waals surface area (Å²) in [7, 11) is -4.94. The molecule has 1 aliphatic heterocycles. The highest BCUT2D eigenvalue weighted by atomic mass is 28.4. The first-order valence-electron chi connectivity index (χ1n) is 15.2. The predicted octanol–water partition coefficient (Wildman–Crippen LogP) is 5.38. The van der Waals surface area contributed by atoms with Crippen LogP contribution in [-0.2, 0) is 18.3 Å². The van der Waals surface area contributed by atoms with Gasteiger partial charge >= 0.3 is 11.7 Å². The number of H-pyrrole nitrogens is 1. The maximum Gasteiger partial charge on any atom is 0.338 e. The Labute approximate surface area is 266 Å². The average Bonchev–Trinajstić information content (AvgIpc) is 3.21. The number of anilines is 1. The Balaban J connectivity index is 2.00. The standard InChI is InChI=1S/C30H49N5O8Si2/c1-12-40-27(37)20-13-15-21(16-14-20)32-33-35(39)19-22-24(42-44(8,9)29(2,3)4)25(43-45(10,11)30(5,6)7)26(41-22)34-18-17-23(36)31-28(34)38/h13-18,22,24-26,32H,12,19H2,1-11H3,(H,31,36,38)/b35-33-. The van der Waals surface area contributed by atoms with Gasteiger partial charge in [0.05, 0.1) is 17.4 Å². The lowest BCUT2D eigenvalue weighted by Crippen LogP contribution is -2.54. The van der Waals surface area contributed by atoms with E-state index in [2.05, 4.69) is 83.4 Å². The number of nitrogens with zero attached hydrogens (tertiary/aromatic N) is 3. The van der Waals surface area contributed by atoms with Gasteiger partial charge in [0.25, 0.3) is 5.56 Å². The number of hydrogen-bond donors (Lipinski definition) is 2. The van der Waals surface area contributed by atoms with Gasteiger partial charge in [-0.1, -0.05) is 41.5 Å². The van der Waals surface area contributed by atoms with Gasteiger partial charge in [0, 0.05) is 12.3 Å². The number of nitrogens with one attached hydrogen (secondary N) is 2. The summed E-state index contributed by atoms with van der Waals surface area (Å²) >= 11 is 0. The molecule has 2 N–H and O–H groups in total. The third kappa shape index (κ3) is 8.78. The van der Waals surface area contributed by atoms with Crippen LogP contribution in [0.2, 0.25) is 36.3 Å². The zero-order chi connectivity index (χ0) is 34.0. The molecule has 0 saturated carbocycles. The molecule has 4 unspecified atom stereocenters. The molecular formula is C30H49N5O8Si2. The number of benzene rings is 1. The topological polar surface area (TPSA) is 159 Å². The van der Waals surface area contributed by atoms with E-state index in [4.69, 9.17) is 18.3 Å². The van der Waals surface area contributed by atoms with Crippen LogP contribution in [0.4, 0.5) is 5.69 Å². The van der Waals surface area contributed by atoms with Crippen molar-refractivity contribution >= 4 is 28.3 Å². The van der Waals surface area contributed by atoms with Crippen molar-refractivity contribution in [1.29, 1.82) is 0 Å². The molecule has 0 radical (unpaired) electrons. The molecule has 4 atom stereocenters. The molecule has 0 aliphatic carbocycles. The van der Waals surface area contributed by atoms with Gasteiger partial charge in [0.15, 0.2) is 22.9 Å². The minimum Gasteiger partial charge on any atom is -0.696 e. The molecule has 0 bridgehead atoms. The quantitative estimate of drug-likeness (QED) is 0.106. The maximum absolute atomic E-state index is 13.2. The Morgan fingerprint density at radius 3 is 2.07 bits per heavy atom. The van der Waals surface area contributed by atoms with E-state index in [9.17, 15) is 19.6 Å². The summed E-state index contributed by atoms with van der Waals surface area (Å²) in [6.45, 7) is 22.8. The van der Waals surface area contributed by atoms with Crippen molar-refractivity contribution in [3.63, 3.8) is 0 Å². The van der Waals surface area contributed by atoms with Crippen LogP contribution in [-0.4, -0.2) is 68.5 Å². The van der Waals surface area contributed by atoms with Crippen LogP contribution in [0.5, 0.6) is 0 Å². The van der Waals surface area contributed by atoms with E-state index in [-0.39, 0.29) is 23.2 Å². The smallest absolute Gasteiger partial charge is 0.338 e. The van der Waals surface area contributed by atoms with Gasteiger partial charge in [-0.3, -0.25) is 14.3 Å². The third-order valence-corrected chi connectivity index (χ3v) is 17.9. The van der Waals surface area contributed by atoms with Gasteiger partial charge in [-0.25, -0.2) is 9.59 Å². The Morgan fingerprint density at radius 1 is 1.00 bits per heavy atom. The number of esters is 1. The fraction of sp³-hybridized carbons (Fsp3) is 0.633. The lowest BCUT2D eigenvalue weighted by molar-refractivity contribution is -0.538. The second kappa shape index (κ2) is 13.7. The second-order valence-corrected chi connectivity index (χ2v) is 23.8. The summed E-state index contributed by atoms with van der Waals surface area (Å²) in [5.74, 6) is -0.441. The molecule has 15 heteroatoms. The molecular weight excluding hydrogens is 615 g/mol. The molecule has 0 amide bonds. The van der Waals surface area contributed by atoms with Gasteiger partial charge in [-0.05, 0) is 67.5 Å². The minimum absolute atomic E-state index is 0.176. The van der Waals surface area contributed by atoms with E-state index < -0.39 is 58.4 Å². The van der Waals surface area contributed by atoms with Gasteiger partial charge in [-0.15, -0.1) is 5.43 Å². The van der Waals surface area contributed by atoms with Crippen LogP contribution in [0.15, 0.2) is 51.3 Å². The Bertz CT molecular complexity index is 1480. The Kier molecular flexibility index (Phi) is 11.1. The van der Waals surface area contributed by atoms with E-state index in [1.54, 1.807) is 31.2 Å². The predicted molar refractivity (Wildman–Crippen MR) is 176 cm³/mol. The van der Waals surface area contributed by atoms with Crippen molar-refractivity contribution in [2.24, 2.45) is 5.22 Å². The van der Waals surface area contributed by atoms with E-state index in [0.717, 1.165) is 0 Å². The van der Waals surface area contributed by atoms with Crippen LogP contribution in [0.3, 0.4) is 0 Å². The first-order valence-corrected chi connectivity index (χ1v) is 21.0. The molecule has 250 valence electrons. The lowest BCUT2D eigenvalue weighted by Gasteiger charge is -2.44. The monoisotopic (exact) mass is 663 g/mol. The summed E-state index contributed by atoms with van der Waals surface area (Å²) in [6, 6.07) is 7.62. The van der Waals surface area contributed by atoms with E-state index in [1.165, 1.54) is 16.8 Å². The van der Waals surface area contributed by atoms with Crippen LogP contribution in [0.25, 0.3) is 0 Å². The number of aromatic amines is 1. The highest BCUT2D eigenvalue weighted by molar-refractivity contribution is 6.74. The average molecular weight is 664 g/mol. The highest BCUT2D eigenvalue weighted by Gasteiger charge is 2.55. The fourth-order valence-corrected chi connectivity index (χ4v) is 6.82. The molecule has 2 aromatic rings. The molecule has 1 aliphatic rings. The van der Waals surface area contributed by atoms with Gasteiger partial charge in [-0.2, -0.15) is 4.86 Å². The molecule has 1 aromatic heterocycles. The molecule has 2 heterocycles. The molecule has 13 nitrogen and oxygen atoms in total. The van der Waals surface area contributed by atoms with E-state index in [1.807, 2.05) is 0 Å². The zero-order valence-corrected chi connectivity index (χ0v) is 30.3. The number of ether oxygens (including phenoxy) is 2. The number of rotatable bonds is 11. The van der Waals surface area contributed by atoms with Crippen molar-refractivity contribution in [2.45, 2.75) is 109 Å².